The molecule has 0 unspecified atom stereocenters. The molecule has 0 saturated carbocycles. The topological polar surface area (TPSA) is 86.2 Å². The van der Waals surface area contributed by atoms with Crippen LogP contribution in [0.4, 0.5) is 5.69 Å². The van der Waals surface area contributed by atoms with Crippen LogP contribution in [-0.4, -0.2) is 37.7 Å². The lowest BCUT2D eigenvalue weighted by molar-refractivity contribution is -0.125. The van der Waals surface area contributed by atoms with E-state index in [1.165, 1.54) is 6.92 Å². The lowest BCUT2D eigenvalue weighted by Crippen LogP contribution is -2.28. The molecule has 3 rings (SSSR count). The molecule has 1 atom stereocenters. The van der Waals surface area contributed by atoms with Gasteiger partial charge in [-0.15, -0.1) is 0 Å². The van der Waals surface area contributed by atoms with E-state index in [0.29, 0.717) is 34.9 Å². The van der Waals surface area contributed by atoms with Gasteiger partial charge in [0.25, 0.3) is 5.91 Å². The highest BCUT2D eigenvalue weighted by Crippen LogP contribution is 2.29. The number of nitrogens with zero attached hydrogens (tertiary/aromatic N) is 1. The molecule has 0 aromatic heterocycles. The van der Waals surface area contributed by atoms with E-state index in [1.54, 1.807) is 56.7 Å². The molecule has 7 nitrogen and oxygen atoms in total. The van der Waals surface area contributed by atoms with Crippen LogP contribution in [0, 0.1) is 0 Å². The van der Waals surface area contributed by atoms with E-state index in [-0.39, 0.29) is 11.7 Å². The molecule has 1 amide bonds. The molecule has 0 spiro atoms. The standard InChI is InChI=1S/C20H20N2O5/c1-12(23)13-4-6-14(7-5-13)21-20(24)19-11-17(22-27-19)16-10-15(25-2)8-9-18(16)26-3/h4-10,19H,11H2,1-3H3,(H,21,24)/t19-/m1/s1. The Bertz CT molecular complexity index is 890. The molecule has 0 fully saturated rings. The van der Waals surface area contributed by atoms with E-state index in [0.717, 1.165) is 5.56 Å². The number of carbonyl (C=O) groups is 2. The summed E-state index contributed by atoms with van der Waals surface area (Å²) >= 11 is 0. The molecule has 2 aromatic carbocycles. The number of anilines is 1. The fourth-order valence-corrected chi connectivity index (χ4v) is 2.73. The summed E-state index contributed by atoms with van der Waals surface area (Å²) in [4.78, 5) is 29.1. The highest BCUT2D eigenvalue weighted by Gasteiger charge is 2.30. The van der Waals surface area contributed by atoms with Gasteiger partial charge in [0.2, 0.25) is 6.10 Å². The molecule has 1 aliphatic heterocycles. The maximum Gasteiger partial charge on any atom is 0.268 e. The minimum atomic E-state index is -0.747. The third kappa shape index (κ3) is 4.08. The molecule has 1 heterocycles. The van der Waals surface area contributed by atoms with Crippen molar-refractivity contribution in [1.82, 2.24) is 0 Å². The molecule has 1 aliphatic rings. The molecule has 7 heteroatoms. The van der Waals surface area contributed by atoms with Gasteiger partial charge in [-0.3, -0.25) is 9.59 Å². The van der Waals surface area contributed by atoms with E-state index in [2.05, 4.69) is 10.5 Å². The molecular formula is C20H20N2O5. The van der Waals surface area contributed by atoms with Crippen LogP contribution in [0.5, 0.6) is 11.5 Å². The normalized spacial score (nSPS) is 15.5. The average Bonchev–Trinajstić information content (AvgIpc) is 3.18. The third-order valence-electron chi connectivity index (χ3n) is 4.24. The Hall–Kier alpha value is -3.35. The molecule has 0 radical (unpaired) electrons. The van der Waals surface area contributed by atoms with Crippen LogP contribution in [0.3, 0.4) is 0 Å². The van der Waals surface area contributed by atoms with Gasteiger partial charge in [0, 0.05) is 23.2 Å². The van der Waals surface area contributed by atoms with Crippen molar-refractivity contribution < 1.29 is 23.9 Å². The number of Topliss-reactive ketones (excluding diaryl/α,β-unsaturated/α-hetero) is 1. The number of nitrogens with one attached hydrogen (secondary N) is 1. The lowest BCUT2D eigenvalue weighted by atomic mass is 10.0. The summed E-state index contributed by atoms with van der Waals surface area (Å²) in [5.41, 5.74) is 2.50. The third-order valence-corrected chi connectivity index (χ3v) is 4.24. The van der Waals surface area contributed by atoms with Crippen molar-refractivity contribution in [1.29, 1.82) is 0 Å². The fraction of sp³-hybridized carbons (Fsp3) is 0.250. The van der Waals surface area contributed by atoms with Crippen molar-refractivity contribution in [2.45, 2.75) is 19.4 Å². The SMILES string of the molecule is COc1ccc(OC)c(C2=NO[C@@H](C(=O)Nc3ccc(C(C)=O)cc3)C2)c1. The van der Waals surface area contributed by atoms with Crippen LogP contribution in [-0.2, 0) is 9.63 Å². The summed E-state index contributed by atoms with van der Waals surface area (Å²) < 4.78 is 10.6. The first kappa shape index (κ1) is 18.4. The van der Waals surface area contributed by atoms with Gasteiger partial charge >= 0.3 is 0 Å². The van der Waals surface area contributed by atoms with Gasteiger partial charge in [0.15, 0.2) is 5.78 Å². The second kappa shape index (κ2) is 7.90. The van der Waals surface area contributed by atoms with Crippen LogP contribution < -0.4 is 14.8 Å². The minimum Gasteiger partial charge on any atom is -0.497 e. The molecule has 1 N–H and O–H groups in total. The fourth-order valence-electron chi connectivity index (χ4n) is 2.73. The van der Waals surface area contributed by atoms with Gasteiger partial charge in [0.1, 0.15) is 11.5 Å². The van der Waals surface area contributed by atoms with E-state index >= 15 is 0 Å². The maximum absolute atomic E-state index is 12.5. The number of hydrogen-bond acceptors (Lipinski definition) is 6. The molecular weight excluding hydrogens is 348 g/mol. The molecule has 2 aromatic rings. The number of oxime groups is 1. The zero-order chi connectivity index (χ0) is 19.4. The minimum absolute atomic E-state index is 0.0303. The smallest absolute Gasteiger partial charge is 0.268 e. The number of carbonyl (C=O) groups excluding carboxylic acids is 2. The van der Waals surface area contributed by atoms with E-state index in [1.807, 2.05) is 0 Å². The summed E-state index contributed by atoms with van der Waals surface area (Å²) in [5.74, 6) is 0.939. The van der Waals surface area contributed by atoms with Crippen molar-refractivity contribution in [3.8, 4) is 11.5 Å². The Kier molecular flexibility index (Phi) is 5.40. The van der Waals surface area contributed by atoms with Gasteiger partial charge in [-0.25, -0.2) is 0 Å². The van der Waals surface area contributed by atoms with E-state index < -0.39 is 6.10 Å². The van der Waals surface area contributed by atoms with Crippen LogP contribution in [0.25, 0.3) is 0 Å². The monoisotopic (exact) mass is 368 g/mol. The first-order valence-corrected chi connectivity index (χ1v) is 8.38. The summed E-state index contributed by atoms with van der Waals surface area (Å²) in [6, 6.07) is 12.0. The number of rotatable bonds is 6. The average molecular weight is 368 g/mol. The number of ketones is 1. The molecule has 0 saturated heterocycles. The first-order valence-electron chi connectivity index (χ1n) is 8.38. The quantitative estimate of drug-likeness (QED) is 0.792. The Morgan fingerprint density at radius 3 is 2.48 bits per heavy atom. The predicted molar refractivity (Wildman–Crippen MR) is 101 cm³/mol. The van der Waals surface area contributed by atoms with Crippen LogP contribution >= 0.6 is 0 Å². The first-order chi connectivity index (χ1) is 13.0. The second-order valence-electron chi connectivity index (χ2n) is 6.03. The number of hydrogen-bond donors (Lipinski definition) is 1. The largest absolute Gasteiger partial charge is 0.497 e. The van der Waals surface area contributed by atoms with Gasteiger partial charge in [0.05, 0.1) is 19.9 Å². The molecule has 0 bridgehead atoms. The van der Waals surface area contributed by atoms with Crippen molar-refractivity contribution in [3.05, 3.63) is 53.6 Å². The highest BCUT2D eigenvalue weighted by atomic mass is 16.6. The Morgan fingerprint density at radius 2 is 1.85 bits per heavy atom. The Labute approximate surface area is 156 Å². The predicted octanol–water partition coefficient (Wildman–Crippen LogP) is 3.04. The van der Waals surface area contributed by atoms with Crippen LogP contribution in [0.15, 0.2) is 47.6 Å². The van der Waals surface area contributed by atoms with Crippen molar-refractivity contribution in [3.63, 3.8) is 0 Å². The Morgan fingerprint density at radius 1 is 1.11 bits per heavy atom. The van der Waals surface area contributed by atoms with Gasteiger partial charge in [-0.05, 0) is 49.4 Å². The summed E-state index contributed by atoms with van der Waals surface area (Å²) in [6.07, 6.45) is -0.440. The molecule has 140 valence electrons. The van der Waals surface area contributed by atoms with Crippen LogP contribution in [0.2, 0.25) is 0 Å². The molecule has 0 aliphatic carbocycles. The maximum atomic E-state index is 12.5. The van der Waals surface area contributed by atoms with Gasteiger partial charge < -0.3 is 19.6 Å². The lowest BCUT2D eigenvalue weighted by Gasteiger charge is -2.11. The van der Waals surface area contributed by atoms with E-state index in [9.17, 15) is 9.59 Å². The number of ether oxygens (including phenoxy) is 2. The van der Waals surface area contributed by atoms with Crippen molar-refractivity contribution >= 4 is 23.1 Å². The summed E-state index contributed by atoms with van der Waals surface area (Å²) in [5, 5.41) is 6.82. The second-order valence-corrected chi connectivity index (χ2v) is 6.03. The summed E-state index contributed by atoms with van der Waals surface area (Å²) in [6.45, 7) is 1.49. The zero-order valence-corrected chi connectivity index (χ0v) is 15.3. The van der Waals surface area contributed by atoms with Gasteiger partial charge in [-0.2, -0.15) is 0 Å². The summed E-state index contributed by atoms with van der Waals surface area (Å²) in [7, 11) is 3.14. The number of methoxy groups -OCH3 is 2. The van der Waals surface area contributed by atoms with Crippen molar-refractivity contribution in [2.24, 2.45) is 5.16 Å². The molecule has 27 heavy (non-hydrogen) atoms. The van der Waals surface area contributed by atoms with Crippen LogP contribution in [0.1, 0.15) is 29.3 Å². The Balaban J connectivity index is 1.68. The highest BCUT2D eigenvalue weighted by molar-refractivity contribution is 6.07. The van der Waals surface area contributed by atoms with Gasteiger partial charge in [-0.1, -0.05) is 5.16 Å². The number of benzene rings is 2. The number of amides is 1. The van der Waals surface area contributed by atoms with Crippen molar-refractivity contribution in [2.75, 3.05) is 19.5 Å². The zero-order valence-electron chi connectivity index (χ0n) is 15.3. The van der Waals surface area contributed by atoms with E-state index in [4.69, 9.17) is 14.3 Å².